The molecule has 1 rings (SSSR count). The van der Waals surface area contributed by atoms with Crippen LogP contribution in [-0.4, -0.2) is 63.5 Å². The smallest absolute Gasteiger partial charge is 0.321 e. The van der Waals surface area contributed by atoms with Crippen LogP contribution in [0.1, 0.15) is 13.8 Å². The Balaban J connectivity index is 3.31. The molecule has 9 nitrogen and oxygen atoms in total. The van der Waals surface area contributed by atoms with Crippen molar-refractivity contribution in [1.82, 2.24) is 9.62 Å². The van der Waals surface area contributed by atoms with Crippen molar-refractivity contribution in [2.24, 2.45) is 0 Å². The van der Waals surface area contributed by atoms with Crippen LogP contribution < -0.4 is 5.32 Å². The van der Waals surface area contributed by atoms with Crippen LogP contribution >= 0.6 is 0 Å². The third-order valence-electron chi connectivity index (χ3n) is 3.34. The fourth-order valence-corrected chi connectivity index (χ4v) is 4.36. The highest BCUT2D eigenvalue weighted by molar-refractivity contribution is 7.91. The van der Waals surface area contributed by atoms with Crippen molar-refractivity contribution >= 4 is 31.7 Å². The molecule has 140 valence electrons. The molecule has 0 aliphatic heterocycles. The Kier molecular flexibility index (Phi) is 6.68. The van der Waals surface area contributed by atoms with Crippen molar-refractivity contribution in [3.8, 4) is 0 Å². The number of hydrogen-bond donors (Lipinski definition) is 2. The van der Waals surface area contributed by atoms with E-state index < -0.39 is 31.9 Å². The van der Waals surface area contributed by atoms with E-state index in [0.29, 0.717) is 4.31 Å². The van der Waals surface area contributed by atoms with Gasteiger partial charge in [0.1, 0.15) is 6.04 Å². The van der Waals surface area contributed by atoms with Crippen molar-refractivity contribution < 1.29 is 31.5 Å². The number of carboxylic acid groups (broad SMARTS) is 1. The Morgan fingerprint density at radius 1 is 1.20 bits per heavy atom. The minimum Gasteiger partial charge on any atom is -0.480 e. The molecule has 11 heteroatoms. The topological polar surface area (TPSA) is 138 Å². The van der Waals surface area contributed by atoms with E-state index in [1.54, 1.807) is 0 Å². The minimum absolute atomic E-state index is 0.0854. The normalized spacial score (nSPS) is 13.4. The van der Waals surface area contributed by atoms with Gasteiger partial charge in [-0.25, -0.2) is 16.8 Å². The molecular formula is C14H20N2O7S2. The van der Waals surface area contributed by atoms with Gasteiger partial charge in [0.25, 0.3) is 0 Å². The van der Waals surface area contributed by atoms with Crippen molar-refractivity contribution in [2.75, 3.05) is 19.3 Å². The Morgan fingerprint density at radius 3 is 2.24 bits per heavy atom. The van der Waals surface area contributed by atoms with Crippen LogP contribution in [0.15, 0.2) is 34.1 Å². The molecule has 1 aromatic carbocycles. The van der Waals surface area contributed by atoms with Crippen molar-refractivity contribution in [2.45, 2.75) is 29.7 Å². The lowest BCUT2D eigenvalue weighted by Gasteiger charge is -2.26. The highest BCUT2D eigenvalue weighted by Gasteiger charge is 2.33. The largest absolute Gasteiger partial charge is 0.480 e. The fraction of sp³-hybridized carbons (Fsp3) is 0.429. The molecule has 1 atom stereocenters. The number of hydrogen-bond acceptors (Lipinski definition) is 6. The maximum atomic E-state index is 12.8. The number of nitrogens with one attached hydrogen (secondary N) is 1. The zero-order valence-corrected chi connectivity index (χ0v) is 15.6. The summed E-state index contributed by atoms with van der Waals surface area (Å²) in [6, 6.07) is 3.27. The van der Waals surface area contributed by atoms with Gasteiger partial charge in [-0.05, 0) is 25.1 Å². The lowest BCUT2D eigenvalue weighted by Crippen LogP contribution is -2.46. The van der Waals surface area contributed by atoms with Crippen molar-refractivity contribution in [1.29, 1.82) is 0 Å². The van der Waals surface area contributed by atoms with Gasteiger partial charge >= 0.3 is 5.97 Å². The summed E-state index contributed by atoms with van der Waals surface area (Å²) < 4.78 is 49.5. The summed E-state index contributed by atoms with van der Waals surface area (Å²) >= 11 is 0. The van der Waals surface area contributed by atoms with E-state index in [0.717, 1.165) is 12.3 Å². The van der Waals surface area contributed by atoms with E-state index >= 15 is 0 Å². The summed E-state index contributed by atoms with van der Waals surface area (Å²) in [6.07, 6.45) is 0.938. The average Bonchev–Trinajstić information content (AvgIpc) is 2.49. The quantitative estimate of drug-likeness (QED) is 0.619. The summed E-state index contributed by atoms with van der Waals surface area (Å²) in [5.41, 5.74) is 0. The lowest BCUT2D eigenvalue weighted by atomic mass is 10.3. The van der Waals surface area contributed by atoms with Gasteiger partial charge in [0, 0.05) is 26.3 Å². The number of carbonyl (C=O) groups excluding carboxylic acids is 1. The van der Waals surface area contributed by atoms with Crippen LogP contribution in [0, 0.1) is 0 Å². The molecule has 0 fully saturated rings. The number of carbonyl (C=O) groups is 2. The fourth-order valence-electron chi connectivity index (χ4n) is 1.99. The van der Waals surface area contributed by atoms with Gasteiger partial charge in [0.05, 0.1) is 9.79 Å². The van der Waals surface area contributed by atoms with E-state index in [4.69, 9.17) is 5.11 Å². The van der Waals surface area contributed by atoms with E-state index in [2.05, 4.69) is 5.32 Å². The zero-order chi connectivity index (χ0) is 19.4. The number of amides is 1. The number of aliphatic carboxylic acids is 1. The maximum absolute atomic E-state index is 12.8. The third kappa shape index (κ3) is 5.51. The molecule has 0 heterocycles. The summed E-state index contributed by atoms with van der Waals surface area (Å²) in [7, 11) is -7.92. The second-order valence-electron chi connectivity index (χ2n) is 5.36. The number of rotatable bonds is 8. The first kappa shape index (κ1) is 21.1. The Labute approximate surface area is 146 Å². The second kappa shape index (κ2) is 7.93. The Morgan fingerprint density at radius 2 is 1.76 bits per heavy atom. The number of sulfonamides is 1. The molecular weight excluding hydrogens is 372 g/mol. The number of carboxylic acids is 1. The first-order valence-electron chi connectivity index (χ1n) is 7.16. The summed E-state index contributed by atoms with van der Waals surface area (Å²) in [5.74, 6) is -1.76. The van der Waals surface area contributed by atoms with Gasteiger partial charge < -0.3 is 10.4 Å². The standard InChI is InChI=1S/C14H20N2O7S2/c1-10(14(18)19)16(8-7-15-11(2)17)25(22,23)13-6-4-5-12(9-13)24(3,20)21/h4-6,9-10H,7-8H2,1-3H3,(H,15,17)(H,18,19). The molecule has 0 radical (unpaired) electrons. The molecule has 0 saturated heterocycles. The molecule has 1 amide bonds. The highest BCUT2D eigenvalue weighted by atomic mass is 32.2. The predicted molar refractivity (Wildman–Crippen MR) is 89.2 cm³/mol. The third-order valence-corrected chi connectivity index (χ3v) is 6.41. The predicted octanol–water partition coefficient (Wildman–Crippen LogP) is -0.310. The monoisotopic (exact) mass is 392 g/mol. The van der Waals surface area contributed by atoms with Crippen molar-refractivity contribution in [3.63, 3.8) is 0 Å². The van der Waals surface area contributed by atoms with Crippen LogP contribution in [0.3, 0.4) is 0 Å². The first-order chi connectivity index (χ1) is 11.4. The molecule has 2 N–H and O–H groups in total. The van der Waals surface area contributed by atoms with Crippen LogP contribution in [0.2, 0.25) is 0 Å². The van der Waals surface area contributed by atoms with Crippen LogP contribution in [0.4, 0.5) is 0 Å². The summed E-state index contributed by atoms with van der Waals surface area (Å²) in [5, 5.41) is 11.6. The Hall–Kier alpha value is -1.98. The van der Waals surface area contributed by atoms with Crippen LogP contribution in [-0.2, 0) is 29.4 Å². The molecule has 0 aliphatic carbocycles. The number of nitrogens with zero attached hydrogens (tertiary/aromatic N) is 1. The van der Waals surface area contributed by atoms with Gasteiger partial charge in [-0.15, -0.1) is 0 Å². The summed E-state index contributed by atoms with van der Waals surface area (Å²) in [6.45, 7) is 2.07. The highest BCUT2D eigenvalue weighted by Crippen LogP contribution is 2.21. The summed E-state index contributed by atoms with van der Waals surface area (Å²) in [4.78, 5) is 21.7. The molecule has 0 bridgehead atoms. The second-order valence-corrected chi connectivity index (χ2v) is 9.27. The van der Waals surface area contributed by atoms with E-state index in [9.17, 15) is 26.4 Å². The van der Waals surface area contributed by atoms with Gasteiger partial charge in [0.15, 0.2) is 9.84 Å². The molecule has 0 aromatic heterocycles. The molecule has 0 saturated carbocycles. The number of sulfone groups is 1. The maximum Gasteiger partial charge on any atom is 0.321 e. The average molecular weight is 392 g/mol. The minimum atomic E-state index is -4.29. The Bertz CT molecular complexity index is 863. The van der Waals surface area contributed by atoms with E-state index in [1.165, 1.54) is 32.0 Å². The molecule has 1 aromatic rings. The zero-order valence-electron chi connectivity index (χ0n) is 14.0. The molecule has 1 unspecified atom stereocenters. The first-order valence-corrected chi connectivity index (χ1v) is 10.5. The SMILES string of the molecule is CC(=O)NCCN(C(C)C(=O)O)S(=O)(=O)c1cccc(S(C)(=O)=O)c1. The van der Waals surface area contributed by atoms with Gasteiger partial charge in [-0.1, -0.05) is 6.07 Å². The molecule has 0 aliphatic rings. The van der Waals surface area contributed by atoms with Gasteiger partial charge in [0.2, 0.25) is 15.9 Å². The van der Waals surface area contributed by atoms with E-state index in [-0.39, 0.29) is 28.8 Å². The van der Waals surface area contributed by atoms with E-state index in [1.807, 2.05) is 0 Å². The number of benzene rings is 1. The lowest BCUT2D eigenvalue weighted by molar-refractivity contribution is -0.140. The van der Waals surface area contributed by atoms with Crippen molar-refractivity contribution in [3.05, 3.63) is 24.3 Å². The van der Waals surface area contributed by atoms with Gasteiger partial charge in [-0.2, -0.15) is 4.31 Å². The van der Waals surface area contributed by atoms with Crippen LogP contribution in [0.25, 0.3) is 0 Å². The van der Waals surface area contributed by atoms with Gasteiger partial charge in [-0.3, -0.25) is 9.59 Å². The van der Waals surface area contributed by atoms with Crippen LogP contribution in [0.5, 0.6) is 0 Å². The molecule has 0 spiro atoms. The molecule has 25 heavy (non-hydrogen) atoms.